The van der Waals surface area contributed by atoms with Crippen molar-refractivity contribution in [3.05, 3.63) is 70.2 Å². The molecule has 0 amide bonds. The second kappa shape index (κ2) is 8.78. The molecule has 2 aromatic carbocycles. The summed E-state index contributed by atoms with van der Waals surface area (Å²) in [5.41, 5.74) is 4.83. The van der Waals surface area contributed by atoms with E-state index in [4.69, 9.17) is 4.74 Å². The fourth-order valence-corrected chi connectivity index (χ4v) is 6.45. The van der Waals surface area contributed by atoms with Crippen LogP contribution in [0.25, 0.3) is 0 Å². The lowest BCUT2D eigenvalue weighted by Gasteiger charge is -2.26. The molecule has 30 heavy (non-hydrogen) atoms. The Morgan fingerprint density at radius 1 is 1.13 bits per heavy atom. The summed E-state index contributed by atoms with van der Waals surface area (Å²) in [7, 11) is -3.76. The van der Waals surface area contributed by atoms with E-state index in [9.17, 15) is 8.42 Å². The zero-order valence-corrected chi connectivity index (χ0v) is 18.9. The second-order valence-electron chi connectivity index (χ2n) is 7.55. The number of anilines is 1. The van der Waals surface area contributed by atoms with Gasteiger partial charge in [-0.25, -0.2) is 4.98 Å². The van der Waals surface area contributed by atoms with Gasteiger partial charge < -0.3 is 4.74 Å². The Kier molecular flexibility index (Phi) is 6.11. The van der Waals surface area contributed by atoms with E-state index in [0.29, 0.717) is 36.7 Å². The van der Waals surface area contributed by atoms with Crippen molar-refractivity contribution >= 4 is 27.0 Å². The molecule has 1 aliphatic carbocycles. The number of aromatic nitrogens is 1. The van der Waals surface area contributed by atoms with Gasteiger partial charge in [0.05, 0.1) is 5.69 Å². The predicted molar refractivity (Wildman–Crippen MR) is 121 cm³/mol. The van der Waals surface area contributed by atoms with Crippen LogP contribution in [0.3, 0.4) is 0 Å². The molecule has 7 heteroatoms. The van der Waals surface area contributed by atoms with Crippen LogP contribution in [0.15, 0.2) is 52.2 Å². The summed E-state index contributed by atoms with van der Waals surface area (Å²) in [5.74, 6) is 0.616. The lowest BCUT2D eigenvalue weighted by atomic mass is 10.1. The fraction of sp³-hybridized carbons (Fsp3) is 0.348. The van der Waals surface area contributed by atoms with Crippen molar-refractivity contribution in [3.8, 4) is 5.75 Å². The third-order valence-corrected chi connectivity index (χ3v) is 8.38. The average Bonchev–Trinajstić information content (AvgIpc) is 3.39. The van der Waals surface area contributed by atoms with Crippen LogP contribution in [0, 0.1) is 6.92 Å². The largest absolute Gasteiger partial charge is 0.487 e. The molecule has 1 heterocycles. The number of nitrogens with zero attached hydrogens (tertiary/aromatic N) is 2. The van der Waals surface area contributed by atoms with Crippen LogP contribution in [0.5, 0.6) is 5.75 Å². The molecule has 4 rings (SSSR count). The molecular weight excluding hydrogens is 416 g/mol. The molecule has 158 valence electrons. The van der Waals surface area contributed by atoms with Gasteiger partial charge in [0.15, 0.2) is 0 Å². The Balaban J connectivity index is 1.76. The molecular formula is C23H26N2O3S2. The maximum atomic E-state index is 13.5. The number of rotatable bonds is 8. The predicted octanol–water partition coefficient (Wildman–Crippen LogP) is 5.12. The minimum absolute atomic E-state index is 0.128. The van der Waals surface area contributed by atoms with E-state index in [1.807, 2.05) is 56.3 Å². The number of aryl methyl sites for hydroxylation is 3. The fourth-order valence-electron chi connectivity index (χ4n) is 3.75. The molecule has 0 unspecified atom stereocenters. The highest BCUT2D eigenvalue weighted by Crippen LogP contribution is 2.39. The minimum atomic E-state index is -3.76. The number of fused-ring (bicyclic) bond motifs is 1. The monoisotopic (exact) mass is 442 g/mol. The third-order valence-electron chi connectivity index (χ3n) is 5.21. The van der Waals surface area contributed by atoms with Gasteiger partial charge in [0.25, 0.3) is 10.0 Å². The standard InChI is InChI=1S/C23H26N2O3S2/c1-3-12-25(30(26,27)23-24-17(2)16-29-23)21-13-19-10-7-11-20(19)14-22(21)28-15-18-8-5-4-6-9-18/h4-6,8-9,13-14,16H,3,7,10-12,15H2,1-2H3. The molecule has 3 aromatic rings. The van der Waals surface area contributed by atoms with E-state index >= 15 is 0 Å². The lowest BCUT2D eigenvalue weighted by molar-refractivity contribution is 0.307. The number of benzene rings is 2. The summed E-state index contributed by atoms with van der Waals surface area (Å²) in [6.45, 7) is 4.56. The van der Waals surface area contributed by atoms with Gasteiger partial charge in [-0.05, 0) is 61.4 Å². The number of thiazole rings is 1. The molecule has 0 aliphatic heterocycles. The first kappa shape index (κ1) is 20.9. The van der Waals surface area contributed by atoms with Crippen LogP contribution < -0.4 is 9.04 Å². The number of hydrogen-bond acceptors (Lipinski definition) is 5. The summed E-state index contributed by atoms with van der Waals surface area (Å²) in [5, 5.41) is 1.77. The lowest BCUT2D eigenvalue weighted by Crippen LogP contribution is -2.32. The molecule has 5 nitrogen and oxygen atoms in total. The molecule has 0 saturated heterocycles. The van der Waals surface area contributed by atoms with Crippen LogP contribution in [0.2, 0.25) is 0 Å². The van der Waals surface area contributed by atoms with Crippen LogP contribution in [-0.2, 0) is 29.5 Å². The Labute approximate surface area is 182 Å². The van der Waals surface area contributed by atoms with Crippen LogP contribution in [0.4, 0.5) is 5.69 Å². The summed E-state index contributed by atoms with van der Waals surface area (Å²) >= 11 is 1.17. The van der Waals surface area contributed by atoms with Crippen molar-refractivity contribution in [2.24, 2.45) is 0 Å². The van der Waals surface area contributed by atoms with Gasteiger partial charge in [-0.2, -0.15) is 8.42 Å². The Hall–Kier alpha value is -2.38. The third kappa shape index (κ3) is 4.23. The van der Waals surface area contributed by atoms with E-state index in [1.165, 1.54) is 26.8 Å². The average molecular weight is 443 g/mol. The molecule has 0 radical (unpaired) electrons. The molecule has 1 aliphatic rings. The second-order valence-corrected chi connectivity index (χ2v) is 10.4. The smallest absolute Gasteiger partial charge is 0.291 e. The van der Waals surface area contributed by atoms with Crippen molar-refractivity contribution in [3.63, 3.8) is 0 Å². The molecule has 0 saturated carbocycles. The van der Waals surface area contributed by atoms with E-state index in [0.717, 1.165) is 24.8 Å². The van der Waals surface area contributed by atoms with Crippen molar-refractivity contribution in [2.45, 2.75) is 50.5 Å². The van der Waals surface area contributed by atoms with E-state index in [2.05, 4.69) is 4.98 Å². The van der Waals surface area contributed by atoms with E-state index in [1.54, 1.807) is 5.38 Å². The first-order valence-corrected chi connectivity index (χ1v) is 12.6. The maximum absolute atomic E-state index is 13.5. The molecule has 0 atom stereocenters. The summed E-state index contributed by atoms with van der Waals surface area (Å²) in [6.07, 6.45) is 3.75. The minimum Gasteiger partial charge on any atom is -0.487 e. The van der Waals surface area contributed by atoms with Crippen molar-refractivity contribution in [1.29, 1.82) is 0 Å². The highest BCUT2D eigenvalue weighted by atomic mass is 32.2. The van der Waals surface area contributed by atoms with Gasteiger partial charge in [-0.15, -0.1) is 11.3 Å². The van der Waals surface area contributed by atoms with Gasteiger partial charge in [0.1, 0.15) is 12.4 Å². The van der Waals surface area contributed by atoms with Crippen molar-refractivity contribution in [2.75, 3.05) is 10.8 Å². The van der Waals surface area contributed by atoms with Gasteiger partial charge >= 0.3 is 0 Å². The van der Waals surface area contributed by atoms with Gasteiger partial charge in [0, 0.05) is 17.6 Å². The molecule has 0 spiro atoms. The molecule has 1 aromatic heterocycles. The first-order valence-electron chi connectivity index (χ1n) is 10.3. The molecule has 0 bridgehead atoms. The van der Waals surface area contributed by atoms with Gasteiger partial charge in [-0.1, -0.05) is 37.3 Å². The molecule has 0 fully saturated rings. The number of hydrogen-bond donors (Lipinski definition) is 0. The van der Waals surface area contributed by atoms with Crippen molar-refractivity contribution in [1.82, 2.24) is 4.98 Å². The summed E-state index contributed by atoms with van der Waals surface area (Å²) < 4.78 is 34.8. The van der Waals surface area contributed by atoms with Crippen LogP contribution in [0.1, 0.15) is 42.1 Å². The highest BCUT2D eigenvalue weighted by Gasteiger charge is 2.31. The topological polar surface area (TPSA) is 59.5 Å². The number of ether oxygens (including phenoxy) is 1. The first-order chi connectivity index (χ1) is 14.5. The Morgan fingerprint density at radius 2 is 1.87 bits per heavy atom. The SMILES string of the molecule is CCCN(c1cc2c(cc1OCc1ccccc1)CCC2)S(=O)(=O)c1nc(C)cs1. The van der Waals surface area contributed by atoms with E-state index < -0.39 is 10.0 Å². The van der Waals surface area contributed by atoms with Crippen LogP contribution >= 0.6 is 11.3 Å². The summed E-state index contributed by atoms with van der Waals surface area (Å²) in [6, 6.07) is 14.0. The molecule has 0 N–H and O–H groups in total. The maximum Gasteiger partial charge on any atom is 0.291 e. The van der Waals surface area contributed by atoms with Gasteiger partial charge in [0.2, 0.25) is 4.34 Å². The van der Waals surface area contributed by atoms with Crippen LogP contribution in [-0.4, -0.2) is 19.9 Å². The zero-order valence-electron chi connectivity index (χ0n) is 17.3. The summed E-state index contributed by atoms with van der Waals surface area (Å²) in [4.78, 5) is 4.25. The Morgan fingerprint density at radius 3 is 2.53 bits per heavy atom. The zero-order chi connectivity index (χ0) is 21.1. The Bertz CT molecular complexity index is 1120. The highest BCUT2D eigenvalue weighted by molar-refractivity contribution is 7.94. The van der Waals surface area contributed by atoms with Crippen molar-refractivity contribution < 1.29 is 13.2 Å². The number of sulfonamides is 1. The van der Waals surface area contributed by atoms with E-state index in [-0.39, 0.29) is 4.34 Å². The normalized spacial score (nSPS) is 13.3. The van der Waals surface area contributed by atoms with Gasteiger partial charge in [-0.3, -0.25) is 4.31 Å². The quantitative estimate of drug-likeness (QED) is 0.486.